The van der Waals surface area contributed by atoms with Gasteiger partial charge in [0.15, 0.2) is 16.7 Å². The summed E-state index contributed by atoms with van der Waals surface area (Å²) in [5.41, 5.74) is 9.60. The van der Waals surface area contributed by atoms with Crippen LogP contribution in [0.1, 0.15) is 29.2 Å². The average Bonchev–Trinajstić information content (AvgIpc) is 3.20. The fourth-order valence-corrected chi connectivity index (χ4v) is 4.41. The number of nitrogens with one attached hydrogen (secondary N) is 2. The fraction of sp³-hybridized carbons (Fsp3) is 0.333. The van der Waals surface area contributed by atoms with Crippen LogP contribution in [0.3, 0.4) is 0 Å². The minimum atomic E-state index is -0.300. The van der Waals surface area contributed by atoms with E-state index >= 15 is 0 Å². The Labute approximate surface area is 174 Å². The lowest BCUT2D eigenvalue weighted by molar-refractivity contribution is -0.125. The van der Waals surface area contributed by atoms with Gasteiger partial charge in [-0.15, -0.1) is 5.10 Å². The molecule has 7 nitrogen and oxygen atoms in total. The number of methoxy groups -OCH3 is 2. The number of thioether (sulfide) groups is 1. The Morgan fingerprint density at radius 3 is 2.62 bits per heavy atom. The largest absolute Gasteiger partial charge is 0.493 e. The maximum atomic E-state index is 12.4. The summed E-state index contributed by atoms with van der Waals surface area (Å²) < 4.78 is 10.7. The van der Waals surface area contributed by atoms with Gasteiger partial charge in [-0.1, -0.05) is 47.7 Å². The summed E-state index contributed by atoms with van der Waals surface area (Å²) in [7, 11) is 3.23. The predicted molar refractivity (Wildman–Crippen MR) is 114 cm³/mol. The van der Waals surface area contributed by atoms with Crippen LogP contribution in [0.15, 0.2) is 47.6 Å². The molecule has 1 fully saturated rings. The van der Waals surface area contributed by atoms with Crippen molar-refractivity contribution in [3.63, 3.8) is 0 Å². The van der Waals surface area contributed by atoms with Gasteiger partial charge in [0.2, 0.25) is 0 Å². The molecule has 0 aliphatic carbocycles. The highest BCUT2D eigenvalue weighted by Crippen LogP contribution is 2.36. The first-order valence-electron chi connectivity index (χ1n) is 9.42. The van der Waals surface area contributed by atoms with E-state index < -0.39 is 0 Å². The van der Waals surface area contributed by atoms with E-state index in [1.807, 2.05) is 23.2 Å². The second-order valence-corrected chi connectivity index (χ2v) is 8.00. The molecular formula is C21H24N4O3S. The number of aryl methyl sites for hydroxylation is 1. The lowest BCUT2D eigenvalue weighted by atomic mass is 10.0. The molecule has 8 heteroatoms. The molecule has 4 rings (SSSR count). The molecule has 2 aliphatic rings. The summed E-state index contributed by atoms with van der Waals surface area (Å²) in [6.45, 7) is 2.07. The van der Waals surface area contributed by atoms with Crippen molar-refractivity contribution in [2.24, 2.45) is 5.10 Å². The quantitative estimate of drug-likeness (QED) is 0.787. The highest BCUT2D eigenvalue weighted by Gasteiger charge is 2.42. The van der Waals surface area contributed by atoms with Crippen molar-refractivity contribution >= 4 is 22.8 Å². The van der Waals surface area contributed by atoms with Gasteiger partial charge in [0.25, 0.3) is 5.91 Å². The van der Waals surface area contributed by atoms with Gasteiger partial charge in [-0.2, -0.15) is 0 Å². The SMILES string of the molecule is COc1ccc(C2CC3C(=O)NN=C(SCc4ccc(C)cc4)N3N2)cc1OC. The molecule has 2 aromatic rings. The van der Waals surface area contributed by atoms with Gasteiger partial charge in [-0.3, -0.25) is 9.80 Å². The molecule has 2 heterocycles. The maximum Gasteiger partial charge on any atom is 0.264 e. The number of carbonyl (C=O) groups excluding carboxylic acids is 1. The van der Waals surface area contributed by atoms with Gasteiger partial charge in [0.1, 0.15) is 6.04 Å². The van der Waals surface area contributed by atoms with Crippen molar-refractivity contribution in [3.05, 3.63) is 59.2 Å². The van der Waals surface area contributed by atoms with E-state index in [1.54, 1.807) is 26.0 Å². The van der Waals surface area contributed by atoms with Crippen LogP contribution in [0.5, 0.6) is 11.5 Å². The normalized spacial score (nSPS) is 20.7. The molecule has 0 saturated carbocycles. The number of hydrogen-bond acceptors (Lipinski definition) is 7. The van der Waals surface area contributed by atoms with Crippen molar-refractivity contribution in [2.75, 3.05) is 14.2 Å². The third kappa shape index (κ3) is 4.04. The minimum absolute atomic E-state index is 0.0196. The van der Waals surface area contributed by atoms with Crippen LogP contribution in [0.4, 0.5) is 0 Å². The Kier molecular flexibility index (Phi) is 5.64. The Hall–Kier alpha value is -2.71. The van der Waals surface area contributed by atoms with E-state index in [1.165, 1.54) is 11.1 Å². The zero-order valence-corrected chi connectivity index (χ0v) is 17.5. The minimum Gasteiger partial charge on any atom is -0.493 e. The first-order chi connectivity index (χ1) is 14.1. The second-order valence-electron chi connectivity index (χ2n) is 7.06. The first kappa shape index (κ1) is 19.6. The molecule has 2 aromatic carbocycles. The van der Waals surface area contributed by atoms with Crippen molar-refractivity contribution in [2.45, 2.75) is 31.2 Å². The number of hydrazine groups is 1. The summed E-state index contributed by atoms with van der Waals surface area (Å²) in [4.78, 5) is 12.4. The molecule has 2 unspecified atom stereocenters. The second kappa shape index (κ2) is 8.34. The first-order valence-corrected chi connectivity index (χ1v) is 10.4. The van der Waals surface area contributed by atoms with Gasteiger partial charge >= 0.3 is 0 Å². The molecule has 2 atom stereocenters. The van der Waals surface area contributed by atoms with Crippen molar-refractivity contribution in [3.8, 4) is 11.5 Å². The Balaban J connectivity index is 1.49. The molecule has 0 bridgehead atoms. The Morgan fingerprint density at radius 2 is 1.90 bits per heavy atom. The van der Waals surface area contributed by atoms with Crippen LogP contribution < -0.4 is 20.3 Å². The monoisotopic (exact) mass is 412 g/mol. The molecule has 1 saturated heterocycles. The number of nitrogens with zero attached hydrogens (tertiary/aromatic N) is 2. The standard InChI is InChI=1S/C21H24N4O3S/c1-13-4-6-14(7-5-13)12-29-21-23-22-20(26)17-11-16(24-25(17)21)15-8-9-18(27-2)19(10-15)28-3/h4-10,16-17,24H,11-12H2,1-3H3,(H,22,26). The average molecular weight is 413 g/mol. The summed E-state index contributed by atoms with van der Waals surface area (Å²) in [5, 5.41) is 6.92. The number of hydrazone groups is 1. The number of carbonyl (C=O) groups is 1. The van der Waals surface area contributed by atoms with E-state index in [0.717, 1.165) is 16.5 Å². The molecule has 0 spiro atoms. The molecule has 2 aliphatic heterocycles. The van der Waals surface area contributed by atoms with Gasteiger partial charge in [0.05, 0.1) is 20.3 Å². The van der Waals surface area contributed by atoms with Crippen LogP contribution in [0.25, 0.3) is 0 Å². The lowest BCUT2D eigenvalue weighted by Gasteiger charge is -2.29. The summed E-state index contributed by atoms with van der Waals surface area (Å²) in [5.74, 6) is 2.03. The summed E-state index contributed by atoms with van der Waals surface area (Å²) >= 11 is 1.60. The van der Waals surface area contributed by atoms with Gasteiger partial charge in [-0.25, -0.2) is 10.9 Å². The van der Waals surface area contributed by atoms with Crippen LogP contribution >= 0.6 is 11.8 Å². The maximum absolute atomic E-state index is 12.4. The number of ether oxygens (including phenoxy) is 2. The molecule has 1 amide bonds. The van der Waals surface area contributed by atoms with Crippen molar-refractivity contribution < 1.29 is 14.3 Å². The zero-order valence-electron chi connectivity index (χ0n) is 16.6. The van der Waals surface area contributed by atoms with E-state index in [-0.39, 0.29) is 18.0 Å². The predicted octanol–water partition coefficient (Wildman–Crippen LogP) is 2.97. The van der Waals surface area contributed by atoms with Crippen LogP contribution in [0, 0.1) is 6.92 Å². The smallest absolute Gasteiger partial charge is 0.264 e. The van der Waals surface area contributed by atoms with E-state index in [2.05, 4.69) is 47.1 Å². The zero-order chi connectivity index (χ0) is 20.4. The van der Waals surface area contributed by atoms with Gasteiger partial charge in [0, 0.05) is 5.75 Å². The molecule has 152 valence electrons. The summed E-state index contributed by atoms with van der Waals surface area (Å²) in [6, 6.07) is 13.9. The molecule has 0 aromatic heterocycles. The third-order valence-electron chi connectivity index (χ3n) is 5.13. The Morgan fingerprint density at radius 1 is 1.14 bits per heavy atom. The molecule has 0 radical (unpaired) electrons. The number of hydrogen-bond donors (Lipinski definition) is 2. The molecule has 2 N–H and O–H groups in total. The number of amides is 1. The van der Waals surface area contributed by atoms with E-state index in [4.69, 9.17) is 9.47 Å². The number of fused-ring (bicyclic) bond motifs is 1. The molecular weight excluding hydrogens is 388 g/mol. The van der Waals surface area contributed by atoms with Gasteiger partial charge < -0.3 is 9.47 Å². The topological polar surface area (TPSA) is 75.2 Å². The Bertz CT molecular complexity index is 932. The highest BCUT2D eigenvalue weighted by molar-refractivity contribution is 8.13. The van der Waals surface area contributed by atoms with Crippen LogP contribution in [-0.2, 0) is 10.5 Å². The highest BCUT2D eigenvalue weighted by atomic mass is 32.2. The fourth-order valence-electron chi connectivity index (χ4n) is 3.50. The van der Waals surface area contributed by atoms with E-state index in [9.17, 15) is 4.79 Å². The van der Waals surface area contributed by atoms with Crippen LogP contribution in [0.2, 0.25) is 0 Å². The third-order valence-corrected chi connectivity index (χ3v) is 6.16. The van der Waals surface area contributed by atoms with Crippen LogP contribution in [-0.4, -0.2) is 36.3 Å². The summed E-state index contributed by atoms with van der Waals surface area (Å²) in [6.07, 6.45) is 0.644. The molecule has 29 heavy (non-hydrogen) atoms. The number of amidine groups is 1. The van der Waals surface area contributed by atoms with Gasteiger partial charge in [-0.05, 0) is 36.6 Å². The van der Waals surface area contributed by atoms with Crippen molar-refractivity contribution in [1.82, 2.24) is 15.9 Å². The lowest BCUT2D eigenvalue weighted by Crippen LogP contribution is -2.52. The van der Waals surface area contributed by atoms with E-state index in [0.29, 0.717) is 17.9 Å². The number of benzene rings is 2. The van der Waals surface area contributed by atoms with Crippen molar-refractivity contribution in [1.29, 1.82) is 0 Å². The number of rotatable bonds is 5.